The highest BCUT2D eigenvalue weighted by Crippen LogP contribution is 2.35. The Balaban J connectivity index is 1.41. The van der Waals surface area contributed by atoms with Crippen molar-refractivity contribution in [2.45, 2.75) is 19.7 Å². The number of methoxy groups -OCH3 is 1. The van der Waals surface area contributed by atoms with Crippen LogP contribution in [-0.2, 0) is 16.1 Å². The van der Waals surface area contributed by atoms with Crippen LogP contribution in [-0.4, -0.2) is 71.3 Å². The minimum Gasteiger partial charge on any atom is -0.377 e. The number of likely N-dealkylation sites (tertiary alicyclic amines) is 1. The quantitative estimate of drug-likeness (QED) is 0.785. The lowest BCUT2D eigenvalue weighted by molar-refractivity contribution is -0.120. The molecule has 0 aromatic carbocycles. The van der Waals surface area contributed by atoms with Gasteiger partial charge in [-0.2, -0.15) is 9.37 Å². The summed E-state index contributed by atoms with van der Waals surface area (Å²) in [5.74, 6) is 1.22. The molecule has 0 aliphatic carbocycles. The smallest absolute Gasteiger partial charge is 0.289 e. The number of alkyl halides is 1. The van der Waals surface area contributed by atoms with Gasteiger partial charge in [-0.1, -0.05) is 0 Å². The van der Waals surface area contributed by atoms with Gasteiger partial charge in [-0.3, -0.25) is 4.79 Å². The van der Waals surface area contributed by atoms with Gasteiger partial charge in [0.25, 0.3) is 5.91 Å². The number of anilines is 1. The largest absolute Gasteiger partial charge is 0.377 e. The van der Waals surface area contributed by atoms with E-state index in [2.05, 4.69) is 24.2 Å². The Kier molecular flexibility index (Phi) is 4.24. The number of carbonyl (C=O) groups is 1. The van der Waals surface area contributed by atoms with Crippen molar-refractivity contribution in [2.24, 2.45) is 21.8 Å². The monoisotopic (exact) mass is 366 g/mol. The number of guanidine groups is 1. The molecular weight excluding hydrogens is 347 g/mol. The molecule has 2 saturated heterocycles. The molecule has 0 radical (unpaired) electrons. The number of nitrogens with zero attached hydrogens (tertiary/aromatic N) is 6. The highest BCUT2D eigenvalue weighted by Gasteiger charge is 2.43. The van der Waals surface area contributed by atoms with Gasteiger partial charge in [0.05, 0.1) is 5.71 Å². The van der Waals surface area contributed by atoms with Gasteiger partial charge in [-0.15, -0.1) is 0 Å². The second-order valence-electron chi connectivity index (χ2n) is 6.62. The standard InChI is InChI=1S/C15H19FN6O2S/c1-8-12(16)13(23)19-14(17-8)21-3-9-5-22(6-10(9)4-21)15-18-11(7-24-2)20-25-15/h9-10,12H,3-7H2,1-2H3. The summed E-state index contributed by atoms with van der Waals surface area (Å²) < 4.78 is 22.9. The van der Waals surface area contributed by atoms with E-state index in [0.29, 0.717) is 30.2 Å². The van der Waals surface area contributed by atoms with E-state index in [4.69, 9.17) is 4.74 Å². The van der Waals surface area contributed by atoms with Crippen LogP contribution in [0.15, 0.2) is 9.98 Å². The Bertz CT molecular complexity index is 736. The summed E-state index contributed by atoms with van der Waals surface area (Å²) in [7, 11) is 1.63. The molecule has 1 aromatic rings. The molecular formula is C15H19FN6O2S. The number of aliphatic imine (C=N–C) groups is 2. The van der Waals surface area contributed by atoms with Crippen LogP contribution in [0.5, 0.6) is 0 Å². The van der Waals surface area contributed by atoms with Crippen molar-refractivity contribution in [2.75, 3.05) is 38.2 Å². The van der Waals surface area contributed by atoms with E-state index in [-0.39, 0.29) is 5.71 Å². The maximum absolute atomic E-state index is 13.5. The van der Waals surface area contributed by atoms with E-state index in [9.17, 15) is 9.18 Å². The van der Waals surface area contributed by atoms with E-state index < -0.39 is 12.1 Å². The fraction of sp³-hybridized carbons (Fsp3) is 0.667. The van der Waals surface area contributed by atoms with Crippen molar-refractivity contribution in [3.63, 3.8) is 0 Å². The van der Waals surface area contributed by atoms with Crippen LogP contribution in [0.25, 0.3) is 0 Å². The number of hydrogen-bond donors (Lipinski definition) is 0. The van der Waals surface area contributed by atoms with Crippen LogP contribution < -0.4 is 4.90 Å². The first-order chi connectivity index (χ1) is 12.0. The molecule has 3 unspecified atom stereocenters. The molecule has 3 atom stereocenters. The lowest BCUT2D eigenvalue weighted by atomic mass is 10.0. The second kappa shape index (κ2) is 6.41. The lowest BCUT2D eigenvalue weighted by Gasteiger charge is -2.23. The van der Waals surface area contributed by atoms with Gasteiger partial charge >= 0.3 is 0 Å². The maximum atomic E-state index is 13.5. The Morgan fingerprint density at radius 2 is 1.88 bits per heavy atom. The van der Waals surface area contributed by atoms with Gasteiger partial charge in [0.2, 0.25) is 17.3 Å². The highest BCUT2D eigenvalue weighted by atomic mass is 32.1. The second-order valence-corrected chi connectivity index (χ2v) is 7.35. The number of aromatic nitrogens is 2. The number of hydrogen-bond acceptors (Lipinski definition) is 8. The first kappa shape index (κ1) is 16.5. The van der Waals surface area contributed by atoms with Crippen molar-refractivity contribution in [1.29, 1.82) is 0 Å². The third-order valence-corrected chi connectivity index (χ3v) is 5.66. The molecule has 0 saturated carbocycles. The van der Waals surface area contributed by atoms with Crippen LogP contribution >= 0.6 is 11.5 Å². The molecule has 3 aliphatic heterocycles. The van der Waals surface area contributed by atoms with Crippen LogP contribution in [0, 0.1) is 11.8 Å². The van der Waals surface area contributed by atoms with Crippen molar-refractivity contribution in [3.05, 3.63) is 5.82 Å². The van der Waals surface area contributed by atoms with Crippen molar-refractivity contribution < 1.29 is 13.9 Å². The number of amides is 1. The number of carbonyl (C=O) groups excluding carboxylic acids is 1. The molecule has 25 heavy (non-hydrogen) atoms. The minimum absolute atomic E-state index is 0.188. The lowest BCUT2D eigenvalue weighted by Crippen LogP contribution is -2.38. The number of ether oxygens (including phenoxy) is 1. The summed E-state index contributed by atoms with van der Waals surface area (Å²) in [5.41, 5.74) is 0.188. The zero-order chi connectivity index (χ0) is 17.6. The molecule has 0 N–H and O–H groups in total. The Hall–Kier alpha value is -1.94. The van der Waals surface area contributed by atoms with Gasteiger partial charge in [0.1, 0.15) is 6.61 Å². The van der Waals surface area contributed by atoms with Crippen molar-refractivity contribution >= 4 is 34.2 Å². The fourth-order valence-corrected chi connectivity index (χ4v) is 4.28. The molecule has 4 rings (SSSR count). The van der Waals surface area contributed by atoms with E-state index in [1.165, 1.54) is 18.5 Å². The Morgan fingerprint density at radius 1 is 1.20 bits per heavy atom. The number of rotatable bonds is 3. The summed E-state index contributed by atoms with van der Waals surface area (Å²) in [5, 5.41) is 0.923. The summed E-state index contributed by atoms with van der Waals surface area (Å²) >= 11 is 1.39. The summed E-state index contributed by atoms with van der Waals surface area (Å²) in [6.45, 7) is 5.26. The molecule has 1 amide bonds. The third-order valence-electron chi connectivity index (χ3n) is 4.84. The molecule has 10 heteroatoms. The minimum atomic E-state index is -1.69. The Labute approximate surface area is 148 Å². The Morgan fingerprint density at radius 3 is 2.52 bits per heavy atom. The molecule has 134 valence electrons. The van der Waals surface area contributed by atoms with E-state index in [1.54, 1.807) is 7.11 Å². The van der Waals surface area contributed by atoms with Gasteiger partial charge in [0.15, 0.2) is 5.82 Å². The molecule has 1 aromatic heterocycles. The molecule has 2 fully saturated rings. The molecule has 8 nitrogen and oxygen atoms in total. The molecule has 0 spiro atoms. The summed E-state index contributed by atoms with van der Waals surface area (Å²) in [6, 6.07) is 0. The van der Waals surface area contributed by atoms with Crippen molar-refractivity contribution in [1.82, 2.24) is 14.3 Å². The molecule has 4 heterocycles. The van der Waals surface area contributed by atoms with Crippen LogP contribution in [0.1, 0.15) is 12.7 Å². The first-order valence-electron chi connectivity index (χ1n) is 8.18. The summed E-state index contributed by atoms with van der Waals surface area (Å²) in [4.78, 5) is 28.4. The topological polar surface area (TPSA) is 83.3 Å². The van der Waals surface area contributed by atoms with E-state index in [1.807, 2.05) is 4.90 Å². The predicted octanol–water partition coefficient (Wildman–Crippen LogP) is 0.748. The van der Waals surface area contributed by atoms with Crippen LogP contribution in [0.2, 0.25) is 0 Å². The van der Waals surface area contributed by atoms with Crippen molar-refractivity contribution in [3.8, 4) is 0 Å². The van der Waals surface area contributed by atoms with Gasteiger partial charge in [-0.25, -0.2) is 14.4 Å². The van der Waals surface area contributed by atoms with E-state index >= 15 is 0 Å². The number of fused-ring (bicyclic) bond motifs is 1. The highest BCUT2D eigenvalue weighted by molar-refractivity contribution is 7.09. The normalized spacial score (nSPS) is 29.1. The molecule has 3 aliphatic rings. The summed E-state index contributed by atoms with van der Waals surface area (Å²) in [6.07, 6.45) is -1.69. The first-order valence-corrected chi connectivity index (χ1v) is 8.95. The molecule has 0 bridgehead atoms. The SMILES string of the molecule is COCc1nsc(N2CC3CN(C4=NC(=O)C(F)C(C)=N4)CC3C2)n1. The van der Waals surface area contributed by atoms with Crippen LogP contribution in [0.4, 0.5) is 9.52 Å². The maximum Gasteiger partial charge on any atom is 0.289 e. The zero-order valence-corrected chi connectivity index (χ0v) is 14.9. The number of halogens is 1. The predicted molar refractivity (Wildman–Crippen MR) is 91.8 cm³/mol. The fourth-order valence-electron chi connectivity index (χ4n) is 3.59. The zero-order valence-electron chi connectivity index (χ0n) is 14.1. The van der Waals surface area contributed by atoms with Gasteiger partial charge in [0, 0.05) is 56.7 Å². The average molecular weight is 366 g/mol. The van der Waals surface area contributed by atoms with E-state index in [0.717, 1.165) is 31.3 Å². The van der Waals surface area contributed by atoms with Gasteiger partial charge < -0.3 is 14.5 Å². The average Bonchev–Trinajstić information content (AvgIpc) is 3.26. The van der Waals surface area contributed by atoms with Crippen LogP contribution in [0.3, 0.4) is 0 Å². The third kappa shape index (κ3) is 3.04. The van der Waals surface area contributed by atoms with Gasteiger partial charge in [-0.05, 0) is 6.92 Å².